The molecule has 2 aromatic carbocycles. The number of benzene rings is 2. The van der Waals surface area contributed by atoms with Gasteiger partial charge in [-0.1, -0.05) is 24.6 Å². The first-order chi connectivity index (χ1) is 12.9. The number of halogens is 1. The Morgan fingerprint density at radius 3 is 2.56 bits per heavy atom. The average molecular weight is 423 g/mol. The van der Waals surface area contributed by atoms with Crippen molar-refractivity contribution >= 4 is 38.9 Å². The van der Waals surface area contributed by atoms with Gasteiger partial charge in [0.2, 0.25) is 9.84 Å². The predicted molar refractivity (Wildman–Crippen MR) is 111 cm³/mol. The maximum Gasteiger partial charge on any atom is 0.219 e. The molecule has 0 amide bonds. The summed E-state index contributed by atoms with van der Waals surface area (Å²) < 4.78 is 31.2. The van der Waals surface area contributed by atoms with Crippen LogP contribution < -0.4 is 10.1 Å². The molecule has 2 aromatic rings. The topological polar surface area (TPSA) is 79.2 Å². The van der Waals surface area contributed by atoms with E-state index in [4.69, 9.17) is 16.3 Å². The van der Waals surface area contributed by atoms with Crippen molar-refractivity contribution in [3.05, 3.63) is 63.5 Å². The lowest BCUT2D eigenvalue weighted by Crippen LogP contribution is -2.10. The molecule has 0 aliphatic rings. The SMILES string of the molecule is CCCSC(Nc1cccc(OC)c1)=C(C#N)S(=O)(=O)c1ccc(Cl)cc1. The van der Waals surface area contributed by atoms with E-state index < -0.39 is 9.84 Å². The van der Waals surface area contributed by atoms with Crippen LogP contribution in [0.3, 0.4) is 0 Å². The van der Waals surface area contributed by atoms with Crippen LogP contribution in [0.2, 0.25) is 5.02 Å². The molecular formula is C19H19ClN2O3S2. The molecule has 0 aliphatic carbocycles. The fourth-order valence-electron chi connectivity index (χ4n) is 2.16. The monoisotopic (exact) mass is 422 g/mol. The highest BCUT2D eigenvalue weighted by molar-refractivity contribution is 8.04. The molecule has 2 rings (SSSR count). The minimum atomic E-state index is -3.99. The number of sulfone groups is 1. The molecule has 1 N–H and O–H groups in total. The van der Waals surface area contributed by atoms with Gasteiger partial charge in [0, 0.05) is 16.8 Å². The number of thioether (sulfide) groups is 1. The molecule has 0 atom stereocenters. The Hall–Kier alpha value is -2.14. The number of hydrogen-bond donors (Lipinski definition) is 1. The van der Waals surface area contributed by atoms with Gasteiger partial charge in [0.1, 0.15) is 16.8 Å². The lowest BCUT2D eigenvalue weighted by Gasteiger charge is -2.14. The lowest BCUT2D eigenvalue weighted by atomic mass is 10.3. The molecule has 27 heavy (non-hydrogen) atoms. The number of ether oxygens (including phenoxy) is 1. The van der Waals surface area contributed by atoms with E-state index in [0.717, 1.165) is 6.42 Å². The summed E-state index contributed by atoms with van der Waals surface area (Å²) in [7, 11) is -2.44. The van der Waals surface area contributed by atoms with E-state index in [1.54, 1.807) is 31.4 Å². The highest BCUT2D eigenvalue weighted by Gasteiger charge is 2.25. The van der Waals surface area contributed by atoms with Gasteiger partial charge >= 0.3 is 0 Å². The minimum Gasteiger partial charge on any atom is -0.497 e. The second kappa shape index (κ2) is 9.70. The molecular weight excluding hydrogens is 404 g/mol. The van der Waals surface area contributed by atoms with Gasteiger partial charge in [-0.3, -0.25) is 0 Å². The molecule has 0 radical (unpaired) electrons. The Morgan fingerprint density at radius 1 is 1.26 bits per heavy atom. The number of methoxy groups -OCH3 is 1. The van der Waals surface area contributed by atoms with Gasteiger partial charge in [-0.05, 0) is 48.6 Å². The van der Waals surface area contributed by atoms with Crippen molar-refractivity contribution in [2.24, 2.45) is 0 Å². The molecule has 5 nitrogen and oxygen atoms in total. The molecule has 0 aromatic heterocycles. The molecule has 0 spiro atoms. The van der Waals surface area contributed by atoms with E-state index in [0.29, 0.717) is 22.2 Å². The van der Waals surface area contributed by atoms with Gasteiger partial charge in [-0.25, -0.2) is 8.42 Å². The van der Waals surface area contributed by atoms with E-state index in [9.17, 15) is 13.7 Å². The molecule has 0 unspecified atom stereocenters. The summed E-state index contributed by atoms with van der Waals surface area (Å²) in [5, 5.41) is 13.4. The fraction of sp³-hybridized carbons (Fsp3) is 0.211. The van der Waals surface area contributed by atoms with Crippen LogP contribution in [0.25, 0.3) is 0 Å². The third kappa shape index (κ3) is 5.42. The number of anilines is 1. The normalized spacial score (nSPS) is 12.1. The Balaban J connectivity index is 2.52. The molecule has 0 fully saturated rings. The lowest BCUT2D eigenvalue weighted by molar-refractivity contribution is 0.415. The maximum atomic E-state index is 13.0. The molecule has 142 valence electrons. The molecule has 0 bridgehead atoms. The Labute approximate surface area is 168 Å². The number of nitriles is 1. The molecule has 8 heteroatoms. The highest BCUT2D eigenvalue weighted by atomic mass is 35.5. The number of rotatable bonds is 8. The van der Waals surface area contributed by atoms with E-state index in [2.05, 4.69) is 5.32 Å². The third-order valence-electron chi connectivity index (χ3n) is 3.48. The van der Waals surface area contributed by atoms with E-state index in [1.165, 1.54) is 36.0 Å². The van der Waals surface area contributed by atoms with Crippen LogP contribution in [0, 0.1) is 11.3 Å². The van der Waals surface area contributed by atoms with Gasteiger partial charge in [-0.15, -0.1) is 11.8 Å². The van der Waals surface area contributed by atoms with E-state index >= 15 is 0 Å². The maximum absolute atomic E-state index is 13.0. The van der Waals surface area contributed by atoms with Crippen molar-refractivity contribution in [1.29, 1.82) is 5.26 Å². The summed E-state index contributed by atoms with van der Waals surface area (Å²) in [6, 6.07) is 14.7. The smallest absolute Gasteiger partial charge is 0.219 e. The minimum absolute atomic E-state index is 0.0190. The molecule has 0 saturated carbocycles. The fourth-order valence-corrected chi connectivity index (χ4v) is 4.71. The van der Waals surface area contributed by atoms with Crippen molar-refractivity contribution in [1.82, 2.24) is 0 Å². The standard InChI is InChI=1S/C19H19ClN2O3S2/c1-3-11-26-19(22-15-5-4-6-16(12-15)25-2)18(13-21)27(23,24)17-9-7-14(20)8-10-17/h4-10,12,22H,3,11H2,1-2H3. The van der Waals surface area contributed by atoms with Crippen LogP contribution in [-0.4, -0.2) is 21.3 Å². The van der Waals surface area contributed by atoms with Gasteiger partial charge in [0.05, 0.1) is 12.0 Å². The summed E-state index contributed by atoms with van der Waals surface area (Å²) in [6.07, 6.45) is 0.827. The van der Waals surface area contributed by atoms with Crippen LogP contribution in [0.5, 0.6) is 5.75 Å². The first kappa shape index (κ1) is 21.2. The number of nitrogens with one attached hydrogen (secondary N) is 1. The zero-order chi connectivity index (χ0) is 19.9. The summed E-state index contributed by atoms with van der Waals surface area (Å²) in [4.78, 5) is -0.309. The second-order valence-corrected chi connectivity index (χ2v) is 8.86. The summed E-state index contributed by atoms with van der Waals surface area (Å²) in [5.74, 6) is 1.28. The van der Waals surface area contributed by atoms with Crippen LogP contribution in [0.1, 0.15) is 13.3 Å². The van der Waals surface area contributed by atoms with Crippen LogP contribution in [-0.2, 0) is 9.84 Å². The quantitative estimate of drug-likeness (QED) is 0.598. The average Bonchev–Trinajstić information content (AvgIpc) is 2.66. The highest BCUT2D eigenvalue weighted by Crippen LogP contribution is 2.31. The molecule has 0 saturated heterocycles. The van der Waals surface area contributed by atoms with Gasteiger partial charge in [0.15, 0.2) is 4.91 Å². The van der Waals surface area contributed by atoms with Gasteiger partial charge < -0.3 is 10.1 Å². The molecule has 0 heterocycles. The van der Waals surface area contributed by atoms with Crippen molar-refractivity contribution in [3.63, 3.8) is 0 Å². The van der Waals surface area contributed by atoms with E-state index in [1.807, 2.05) is 13.0 Å². The summed E-state index contributed by atoms with van der Waals surface area (Å²) in [6.45, 7) is 1.98. The molecule has 0 aliphatic heterocycles. The summed E-state index contributed by atoms with van der Waals surface area (Å²) in [5.41, 5.74) is 0.631. The predicted octanol–water partition coefficient (Wildman–Crippen LogP) is 5.07. The zero-order valence-corrected chi connectivity index (χ0v) is 17.3. The van der Waals surface area contributed by atoms with Gasteiger partial charge in [-0.2, -0.15) is 5.26 Å². The number of allylic oxidation sites excluding steroid dienone is 1. The van der Waals surface area contributed by atoms with Crippen molar-refractivity contribution < 1.29 is 13.2 Å². The van der Waals surface area contributed by atoms with Crippen molar-refractivity contribution in [2.75, 3.05) is 18.2 Å². The third-order valence-corrected chi connectivity index (χ3v) is 6.79. The number of nitrogens with zero attached hydrogens (tertiary/aromatic N) is 1. The van der Waals surface area contributed by atoms with Gasteiger partial charge in [0.25, 0.3) is 0 Å². The Bertz CT molecular complexity index is 965. The first-order valence-electron chi connectivity index (χ1n) is 8.11. The second-order valence-electron chi connectivity index (χ2n) is 5.43. The van der Waals surface area contributed by atoms with Crippen molar-refractivity contribution in [3.8, 4) is 11.8 Å². The largest absolute Gasteiger partial charge is 0.497 e. The Morgan fingerprint density at radius 2 is 1.96 bits per heavy atom. The number of hydrogen-bond acceptors (Lipinski definition) is 6. The van der Waals surface area contributed by atoms with Crippen LogP contribution in [0.15, 0.2) is 63.4 Å². The Kier molecular flexibility index (Phi) is 7.60. The first-order valence-corrected chi connectivity index (χ1v) is 11.0. The van der Waals surface area contributed by atoms with E-state index in [-0.39, 0.29) is 14.8 Å². The summed E-state index contributed by atoms with van der Waals surface area (Å²) >= 11 is 7.13. The van der Waals surface area contributed by atoms with Crippen molar-refractivity contribution in [2.45, 2.75) is 18.2 Å². The van der Waals surface area contributed by atoms with Crippen LogP contribution >= 0.6 is 23.4 Å². The zero-order valence-electron chi connectivity index (χ0n) is 14.9. The van der Waals surface area contributed by atoms with Crippen LogP contribution in [0.4, 0.5) is 5.69 Å².